The quantitative estimate of drug-likeness (QED) is 0.837. The Morgan fingerprint density at radius 3 is 2.55 bits per heavy atom. The number of para-hydroxylation sites is 1. The van der Waals surface area contributed by atoms with Crippen molar-refractivity contribution in [2.24, 2.45) is 0 Å². The maximum atomic E-state index is 12.5. The van der Waals surface area contributed by atoms with Crippen molar-refractivity contribution in [3.05, 3.63) is 45.2 Å². The summed E-state index contributed by atoms with van der Waals surface area (Å²) in [5, 5.41) is 0.461. The highest BCUT2D eigenvalue weighted by Gasteiger charge is 2.15. The molecule has 0 spiro atoms. The molecule has 0 aliphatic rings. The minimum Gasteiger partial charge on any atom is -0.409 e. The van der Waals surface area contributed by atoms with Crippen LogP contribution in [-0.2, 0) is 0 Å². The molecule has 0 saturated carbocycles. The van der Waals surface area contributed by atoms with Gasteiger partial charge in [0.15, 0.2) is 0 Å². The van der Waals surface area contributed by atoms with E-state index in [0.29, 0.717) is 11.0 Å². The first-order chi connectivity index (χ1) is 10.6. The number of fused-ring (bicyclic) bond motifs is 1. The molecule has 5 heteroatoms. The summed E-state index contributed by atoms with van der Waals surface area (Å²) in [4.78, 5) is 26.1. The van der Waals surface area contributed by atoms with Crippen molar-refractivity contribution in [3.8, 4) is 0 Å². The van der Waals surface area contributed by atoms with E-state index in [4.69, 9.17) is 4.42 Å². The van der Waals surface area contributed by atoms with Crippen LogP contribution in [0.3, 0.4) is 0 Å². The molecule has 0 saturated heterocycles. The van der Waals surface area contributed by atoms with Gasteiger partial charge in [-0.1, -0.05) is 12.1 Å². The number of nitrogens with one attached hydrogen (secondary N) is 1. The molecule has 0 amide bonds. The lowest BCUT2D eigenvalue weighted by molar-refractivity contribution is -0.896. The Kier molecular flexibility index (Phi) is 5.55. The Hall–Kier alpha value is -1.88. The second kappa shape index (κ2) is 7.40. The standard InChI is InChI=1S/C17H24N2O3/c1-4-18(5-2)12-8-9-13(3)19-16(20)14-10-6-7-11-15(14)22-17(19)21/h6-7,10-11,13H,4-5,8-9,12H2,1-3H3/p+1/t13-/m0/s1. The van der Waals surface area contributed by atoms with Crippen LogP contribution in [-0.4, -0.2) is 24.2 Å². The largest absolute Gasteiger partial charge is 0.422 e. The lowest BCUT2D eigenvalue weighted by atomic mass is 10.1. The monoisotopic (exact) mass is 305 g/mol. The molecule has 2 rings (SSSR count). The zero-order valence-corrected chi connectivity index (χ0v) is 13.6. The Morgan fingerprint density at radius 2 is 1.86 bits per heavy atom. The molecular weight excluding hydrogens is 280 g/mol. The average Bonchev–Trinajstić information content (AvgIpc) is 2.51. The number of aromatic nitrogens is 1. The third kappa shape index (κ3) is 3.47. The zero-order valence-electron chi connectivity index (χ0n) is 13.6. The smallest absolute Gasteiger partial charge is 0.409 e. The van der Waals surface area contributed by atoms with Gasteiger partial charge in [0.05, 0.1) is 25.0 Å². The van der Waals surface area contributed by atoms with Gasteiger partial charge in [0.2, 0.25) is 0 Å². The molecule has 1 heterocycles. The minimum atomic E-state index is -0.564. The fourth-order valence-electron chi connectivity index (χ4n) is 2.85. The van der Waals surface area contributed by atoms with Gasteiger partial charge in [0.25, 0.3) is 5.56 Å². The summed E-state index contributed by atoms with van der Waals surface area (Å²) in [5.41, 5.74) is 0.100. The molecule has 1 aromatic carbocycles. The highest BCUT2D eigenvalue weighted by molar-refractivity contribution is 5.74. The summed E-state index contributed by atoms with van der Waals surface area (Å²) in [5.74, 6) is -0.564. The predicted octanol–water partition coefficient (Wildman–Crippen LogP) is 1.22. The van der Waals surface area contributed by atoms with E-state index in [2.05, 4.69) is 13.8 Å². The normalized spacial score (nSPS) is 12.9. The second-order valence-electron chi connectivity index (χ2n) is 5.74. The van der Waals surface area contributed by atoms with E-state index in [1.165, 1.54) is 9.47 Å². The molecule has 1 atom stereocenters. The molecule has 1 N–H and O–H groups in total. The summed E-state index contributed by atoms with van der Waals surface area (Å²) in [6, 6.07) is 6.73. The van der Waals surface area contributed by atoms with Gasteiger partial charge in [-0.3, -0.25) is 4.79 Å². The summed E-state index contributed by atoms with van der Waals surface area (Å²) in [6.07, 6.45) is 1.78. The second-order valence-corrected chi connectivity index (χ2v) is 5.74. The van der Waals surface area contributed by atoms with E-state index in [1.807, 2.05) is 6.92 Å². The number of rotatable bonds is 7. The van der Waals surface area contributed by atoms with Crippen LogP contribution < -0.4 is 16.2 Å². The molecule has 0 fully saturated rings. The van der Waals surface area contributed by atoms with Gasteiger partial charge >= 0.3 is 5.76 Å². The van der Waals surface area contributed by atoms with Crippen molar-refractivity contribution in [2.75, 3.05) is 19.6 Å². The van der Waals surface area contributed by atoms with E-state index in [0.717, 1.165) is 32.5 Å². The van der Waals surface area contributed by atoms with Crippen LogP contribution in [0.4, 0.5) is 0 Å². The average molecular weight is 305 g/mol. The number of hydrogen-bond acceptors (Lipinski definition) is 3. The van der Waals surface area contributed by atoms with Crippen molar-refractivity contribution >= 4 is 11.0 Å². The summed E-state index contributed by atoms with van der Waals surface area (Å²) in [7, 11) is 0. The number of hydrogen-bond donors (Lipinski definition) is 1. The maximum absolute atomic E-state index is 12.5. The van der Waals surface area contributed by atoms with Gasteiger partial charge in [0, 0.05) is 6.04 Å². The highest BCUT2D eigenvalue weighted by Crippen LogP contribution is 2.11. The Morgan fingerprint density at radius 1 is 1.18 bits per heavy atom. The van der Waals surface area contributed by atoms with Crippen LogP contribution in [0.25, 0.3) is 11.0 Å². The predicted molar refractivity (Wildman–Crippen MR) is 87.6 cm³/mol. The highest BCUT2D eigenvalue weighted by atomic mass is 16.4. The van der Waals surface area contributed by atoms with Crippen LogP contribution in [0.1, 0.15) is 39.7 Å². The fraction of sp³-hybridized carbons (Fsp3) is 0.529. The third-order valence-electron chi connectivity index (χ3n) is 4.32. The molecule has 1 aromatic heterocycles. The van der Waals surface area contributed by atoms with Gasteiger partial charge in [-0.2, -0.15) is 0 Å². The number of quaternary nitrogens is 1. The lowest BCUT2D eigenvalue weighted by Gasteiger charge is -2.17. The van der Waals surface area contributed by atoms with E-state index in [1.54, 1.807) is 24.3 Å². The van der Waals surface area contributed by atoms with Crippen LogP contribution in [0, 0.1) is 0 Å². The van der Waals surface area contributed by atoms with Gasteiger partial charge in [-0.15, -0.1) is 0 Å². The molecule has 5 nitrogen and oxygen atoms in total. The molecule has 0 bridgehead atoms. The zero-order chi connectivity index (χ0) is 16.1. The van der Waals surface area contributed by atoms with Crippen molar-refractivity contribution in [3.63, 3.8) is 0 Å². The lowest BCUT2D eigenvalue weighted by Crippen LogP contribution is -3.11. The van der Waals surface area contributed by atoms with Gasteiger partial charge in [-0.05, 0) is 45.7 Å². The molecule has 0 aliphatic heterocycles. The third-order valence-corrected chi connectivity index (χ3v) is 4.32. The fourth-order valence-corrected chi connectivity index (χ4v) is 2.85. The van der Waals surface area contributed by atoms with Gasteiger partial charge in [-0.25, -0.2) is 9.36 Å². The molecule has 0 aliphatic carbocycles. The minimum absolute atomic E-state index is 0.150. The number of benzene rings is 1. The molecule has 2 aromatic rings. The first-order valence-electron chi connectivity index (χ1n) is 8.06. The van der Waals surface area contributed by atoms with Crippen molar-refractivity contribution < 1.29 is 9.32 Å². The van der Waals surface area contributed by atoms with Gasteiger partial charge in [0.1, 0.15) is 5.58 Å². The van der Waals surface area contributed by atoms with Crippen LogP contribution in [0.5, 0.6) is 0 Å². The molecular formula is C17H25N2O3+. The molecule has 120 valence electrons. The molecule has 0 unspecified atom stereocenters. The Balaban J connectivity index is 2.20. The molecule has 22 heavy (non-hydrogen) atoms. The Bertz CT molecular complexity index is 728. The van der Waals surface area contributed by atoms with Crippen molar-refractivity contribution in [1.82, 2.24) is 4.57 Å². The van der Waals surface area contributed by atoms with E-state index in [9.17, 15) is 9.59 Å². The van der Waals surface area contributed by atoms with E-state index in [-0.39, 0.29) is 11.6 Å². The Labute approximate surface area is 130 Å². The van der Waals surface area contributed by atoms with Crippen LogP contribution >= 0.6 is 0 Å². The SMILES string of the molecule is CC[NH+](CC)CCC[C@H](C)n1c(=O)oc2ccccc2c1=O. The number of nitrogens with zero attached hydrogens (tertiary/aromatic N) is 1. The first kappa shape index (κ1) is 16.5. The summed E-state index contributed by atoms with van der Waals surface area (Å²) >= 11 is 0. The van der Waals surface area contributed by atoms with Crippen LogP contribution in [0.2, 0.25) is 0 Å². The van der Waals surface area contributed by atoms with E-state index >= 15 is 0 Å². The summed E-state index contributed by atoms with van der Waals surface area (Å²) in [6.45, 7) is 9.51. The molecule has 0 radical (unpaired) electrons. The van der Waals surface area contributed by atoms with Crippen LogP contribution in [0.15, 0.2) is 38.3 Å². The van der Waals surface area contributed by atoms with E-state index < -0.39 is 5.76 Å². The van der Waals surface area contributed by atoms with Gasteiger partial charge < -0.3 is 9.32 Å². The van der Waals surface area contributed by atoms with Crippen molar-refractivity contribution in [2.45, 2.75) is 39.7 Å². The maximum Gasteiger partial charge on any atom is 0.422 e. The topological polar surface area (TPSA) is 56.6 Å². The first-order valence-corrected chi connectivity index (χ1v) is 8.06. The van der Waals surface area contributed by atoms with Crippen molar-refractivity contribution in [1.29, 1.82) is 0 Å². The summed E-state index contributed by atoms with van der Waals surface area (Å²) < 4.78 is 6.52.